The Morgan fingerprint density at radius 1 is 1.24 bits per heavy atom. The molecule has 21 heavy (non-hydrogen) atoms. The third kappa shape index (κ3) is 5.24. The van der Waals surface area contributed by atoms with Gasteiger partial charge in [0.25, 0.3) is 0 Å². The number of benzene rings is 1. The fourth-order valence-corrected chi connectivity index (χ4v) is 4.01. The highest BCUT2D eigenvalue weighted by atomic mass is 32.2. The van der Waals surface area contributed by atoms with Crippen molar-refractivity contribution in [1.82, 2.24) is 0 Å². The summed E-state index contributed by atoms with van der Waals surface area (Å²) < 4.78 is 0. The number of aryl methyl sites for hydroxylation is 1. The Kier molecular flexibility index (Phi) is 6.37. The first-order valence-corrected chi connectivity index (χ1v) is 8.83. The Morgan fingerprint density at radius 3 is 2.52 bits per heavy atom. The lowest BCUT2D eigenvalue weighted by Crippen LogP contribution is -2.08. The first kappa shape index (κ1) is 16.2. The van der Waals surface area contributed by atoms with Crippen LogP contribution < -0.4 is 0 Å². The molecule has 114 valence electrons. The molecule has 1 saturated carbocycles. The van der Waals surface area contributed by atoms with Gasteiger partial charge in [-0.25, -0.2) is 4.79 Å². The molecule has 0 aromatic heterocycles. The molecular weight excluding hydrogens is 280 g/mol. The number of hydrogen-bond acceptors (Lipinski definition) is 2. The molecule has 0 aliphatic heterocycles. The van der Waals surface area contributed by atoms with Gasteiger partial charge in [0, 0.05) is 16.6 Å². The van der Waals surface area contributed by atoms with Crippen LogP contribution in [0.2, 0.25) is 0 Å². The molecule has 2 nitrogen and oxygen atoms in total. The van der Waals surface area contributed by atoms with Crippen molar-refractivity contribution in [1.29, 1.82) is 0 Å². The van der Waals surface area contributed by atoms with Crippen LogP contribution in [0.1, 0.15) is 49.7 Å². The number of carboxylic acids is 1. The second kappa shape index (κ2) is 8.28. The Labute approximate surface area is 131 Å². The van der Waals surface area contributed by atoms with Crippen LogP contribution in [0.15, 0.2) is 29.8 Å². The maximum atomic E-state index is 11.5. The average molecular weight is 304 g/mol. The van der Waals surface area contributed by atoms with E-state index in [1.54, 1.807) is 0 Å². The number of aliphatic carboxylic acids is 1. The third-order valence-corrected chi connectivity index (χ3v) is 5.49. The first-order chi connectivity index (χ1) is 10.2. The summed E-state index contributed by atoms with van der Waals surface area (Å²) in [5.74, 6) is -0.187. The summed E-state index contributed by atoms with van der Waals surface area (Å²) in [5.41, 5.74) is 2.64. The largest absolute Gasteiger partial charge is 0.478 e. The van der Waals surface area contributed by atoms with E-state index in [0.717, 1.165) is 11.1 Å². The monoisotopic (exact) mass is 304 g/mol. The molecule has 0 radical (unpaired) electrons. The quantitative estimate of drug-likeness (QED) is 0.620. The predicted molar refractivity (Wildman–Crippen MR) is 90.7 cm³/mol. The van der Waals surface area contributed by atoms with E-state index in [4.69, 9.17) is 0 Å². The Bertz CT molecular complexity index is 500. The number of carbonyl (C=O) groups is 1. The fraction of sp³-hybridized carbons (Fsp3) is 0.500. The van der Waals surface area contributed by atoms with Gasteiger partial charge in [-0.05, 0) is 37.0 Å². The Hall–Kier alpha value is -1.22. The summed E-state index contributed by atoms with van der Waals surface area (Å²) in [6.45, 7) is 2.02. The van der Waals surface area contributed by atoms with Crippen molar-refractivity contribution in [2.45, 2.75) is 50.7 Å². The standard InChI is InChI=1S/C18H24O2S/c1-14-8-6-7-9-15(14)12-16(18(19)20)13-21-17-10-4-2-3-5-11-17/h6-9,12,17H,2-5,10-11,13H2,1H3,(H,19,20)/b16-12+. The second-order valence-corrected chi connectivity index (χ2v) is 7.04. The fourth-order valence-electron chi connectivity index (χ4n) is 2.72. The van der Waals surface area contributed by atoms with Gasteiger partial charge in [-0.2, -0.15) is 11.8 Å². The first-order valence-electron chi connectivity index (χ1n) is 7.78. The molecule has 0 heterocycles. The van der Waals surface area contributed by atoms with E-state index >= 15 is 0 Å². The summed E-state index contributed by atoms with van der Waals surface area (Å²) in [5, 5.41) is 10.1. The molecule has 1 aliphatic rings. The minimum Gasteiger partial charge on any atom is -0.478 e. The highest BCUT2D eigenvalue weighted by molar-refractivity contribution is 8.00. The average Bonchev–Trinajstić information content (AvgIpc) is 2.73. The van der Waals surface area contributed by atoms with E-state index < -0.39 is 5.97 Å². The van der Waals surface area contributed by atoms with Crippen molar-refractivity contribution in [2.24, 2.45) is 0 Å². The molecule has 3 heteroatoms. The van der Waals surface area contributed by atoms with Crippen LogP contribution in [0, 0.1) is 6.92 Å². The summed E-state index contributed by atoms with van der Waals surface area (Å²) in [6, 6.07) is 7.93. The molecule has 1 aromatic rings. The molecule has 1 aromatic carbocycles. The molecule has 0 atom stereocenters. The van der Waals surface area contributed by atoms with Crippen LogP contribution in [0.3, 0.4) is 0 Å². The van der Waals surface area contributed by atoms with Gasteiger partial charge in [-0.15, -0.1) is 0 Å². The van der Waals surface area contributed by atoms with Gasteiger partial charge in [-0.3, -0.25) is 0 Å². The molecule has 0 amide bonds. The zero-order valence-electron chi connectivity index (χ0n) is 12.7. The lowest BCUT2D eigenvalue weighted by atomic mass is 10.1. The van der Waals surface area contributed by atoms with Crippen LogP contribution in [0.4, 0.5) is 0 Å². The van der Waals surface area contributed by atoms with E-state index in [1.807, 2.05) is 49.0 Å². The maximum absolute atomic E-state index is 11.5. The van der Waals surface area contributed by atoms with Crippen LogP contribution >= 0.6 is 11.8 Å². The van der Waals surface area contributed by atoms with Gasteiger partial charge in [0.2, 0.25) is 0 Å². The topological polar surface area (TPSA) is 37.3 Å². The van der Waals surface area contributed by atoms with Crippen molar-refractivity contribution in [3.05, 3.63) is 41.0 Å². The van der Waals surface area contributed by atoms with Crippen molar-refractivity contribution >= 4 is 23.8 Å². The SMILES string of the molecule is Cc1ccccc1/C=C(\CSC1CCCCCC1)C(=O)O. The van der Waals surface area contributed by atoms with Gasteiger partial charge >= 0.3 is 5.97 Å². The van der Waals surface area contributed by atoms with Gasteiger partial charge < -0.3 is 5.11 Å². The predicted octanol–water partition coefficient (Wildman–Crippen LogP) is 4.92. The van der Waals surface area contributed by atoms with Crippen LogP contribution in [-0.2, 0) is 4.79 Å². The number of thioether (sulfide) groups is 1. The summed E-state index contributed by atoms with van der Waals surface area (Å²) in [6.07, 6.45) is 9.57. The van der Waals surface area contributed by atoms with E-state index in [0.29, 0.717) is 16.6 Å². The molecule has 1 N–H and O–H groups in total. The molecule has 1 fully saturated rings. The summed E-state index contributed by atoms with van der Waals surface area (Å²) in [7, 11) is 0. The summed E-state index contributed by atoms with van der Waals surface area (Å²) >= 11 is 1.82. The van der Waals surface area contributed by atoms with E-state index in [-0.39, 0.29) is 0 Å². The highest BCUT2D eigenvalue weighted by Gasteiger charge is 2.15. The molecule has 0 unspecified atom stereocenters. The minimum absolute atomic E-state index is 0.513. The second-order valence-electron chi connectivity index (χ2n) is 5.76. The van der Waals surface area contributed by atoms with E-state index in [9.17, 15) is 9.90 Å². The van der Waals surface area contributed by atoms with E-state index in [1.165, 1.54) is 38.5 Å². The number of carboxylic acid groups (broad SMARTS) is 1. The van der Waals surface area contributed by atoms with Gasteiger partial charge in [0.15, 0.2) is 0 Å². The normalized spacial score (nSPS) is 17.5. The molecule has 2 rings (SSSR count). The lowest BCUT2D eigenvalue weighted by molar-refractivity contribution is -0.132. The van der Waals surface area contributed by atoms with Crippen LogP contribution in [0.5, 0.6) is 0 Å². The van der Waals surface area contributed by atoms with Crippen molar-refractivity contribution < 1.29 is 9.90 Å². The molecule has 0 bridgehead atoms. The zero-order chi connectivity index (χ0) is 15.1. The molecule has 0 saturated heterocycles. The Morgan fingerprint density at radius 2 is 1.90 bits per heavy atom. The van der Waals surface area contributed by atoms with Crippen LogP contribution in [-0.4, -0.2) is 22.1 Å². The van der Waals surface area contributed by atoms with Crippen molar-refractivity contribution in [3.8, 4) is 0 Å². The van der Waals surface area contributed by atoms with E-state index in [2.05, 4.69) is 0 Å². The van der Waals surface area contributed by atoms with Crippen molar-refractivity contribution in [3.63, 3.8) is 0 Å². The minimum atomic E-state index is -0.792. The van der Waals surface area contributed by atoms with Gasteiger partial charge in [0.05, 0.1) is 0 Å². The third-order valence-electron chi connectivity index (χ3n) is 4.07. The van der Waals surface area contributed by atoms with Crippen molar-refractivity contribution in [2.75, 3.05) is 5.75 Å². The van der Waals surface area contributed by atoms with Crippen LogP contribution in [0.25, 0.3) is 6.08 Å². The summed E-state index contributed by atoms with van der Waals surface area (Å²) in [4.78, 5) is 11.5. The van der Waals surface area contributed by atoms with Gasteiger partial charge in [-0.1, -0.05) is 49.9 Å². The number of hydrogen-bond donors (Lipinski definition) is 1. The Balaban J connectivity index is 2.02. The smallest absolute Gasteiger partial charge is 0.332 e. The molecular formula is C18H24O2S. The zero-order valence-corrected chi connectivity index (χ0v) is 13.5. The number of rotatable bonds is 5. The highest BCUT2D eigenvalue weighted by Crippen LogP contribution is 2.29. The molecule has 1 aliphatic carbocycles. The van der Waals surface area contributed by atoms with Gasteiger partial charge in [0.1, 0.15) is 0 Å². The maximum Gasteiger partial charge on any atom is 0.332 e. The lowest BCUT2D eigenvalue weighted by Gasteiger charge is -2.13. The molecule has 0 spiro atoms.